The highest BCUT2D eigenvalue weighted by Crippen LogP contribution is 2.24. The minimum Gasteiger partial charge on any atom is -0.316 e. The van der Waals surface area contributed by atoms with Gasteiger partial charge >= 0.3 is 0 Å². The predicted octanol–water partition coefficient (Wildman–Crippen LogP) is 2.55. The molecule has 1 amide bonds. The zero-order valence-electron chi connectivity index (χ0n) is 13.0. The SMILES string of the molecule is CCNCCNCC(=O)N(c1ccccc1)c1ccccc1. The molecule has 0 spiro atoms. The molecule has 22 heavy (non-hydrogen) atoms. The van der Waals surface area contributed by atoms with Gasteiger partial charge in [0.05, 0.1) is 6.54 Å². The number of likely N-dealkylation sites (N-methyl/N-ethyl adjacent to an activating group) is 1. The summed E-state index contributed by atoms with van der Waals surface area (Å²) in [6.45, 7) is 4.96. The maximum atomic E-state index is 12.6. The molecule has 0 bridgehead atoms. The minimum atomic E-state index is 0.0360. The van der Waals surface area contributed by atoms with Gasteiger partial charge in [0.25, 0.3) is 0 Å². The van der Waals surface area contributed by atoms with Crippen LogP contribution in [0.4, 0.5) is 11.4 Å². The van der Waals surface area contributed by atoms with E-state index in [0.717, 1.165) is 31.0 Å². The summed E-state index contributed by atoms with van der Waals surface area (Å²) in [5.41, 5.74) is 1.76. The van der Waals surface area contributed by atoms with Crippen molar-refractivity contribution in [3.63, 3.8) is 0 Å². The predicted molar refractivity (Wildman–Crippen MR) is 91.4 cm³/mol. The van der Waals surface area contributed by atoms with Crippen LogP contribution in [0.3, 0.4) is 0 Å². The molecule has 0 unspecified atom stereocenters. The van der Waals surface area contributed by atoms with Crippen molar-refractivity contribution in [1.82, 2.24) is 10.6 Å². The van der Waals surface area contributed by atoms with Gasteiger partial charge in [-0.1, -0.05) is 43.3 Å². The molecule has 0 aliphatic carbocycles. The Hall–Kier alpha value is -2.17. The molecule has 4 heteroatoms. The average molecular weight is 297 g/mol. The monoisotopic (exact) mass is 297 g/mol. The fourth-order valence-corrected chi connectivity index (χ4v) is 2.22. The normalized spacial score (nSPS) is 10.4. The van der Waals surface area contributed by atoms with Gasteiger partial charge in [0.2, 0.25) is 5.91 Å². The highest BCUT2D eigenvalue weighted by molar-refractivity contribution is 6.01. The van der Waals surface area contributed by atoms with Crippen molar-refractivity contribution in [2.75, 3.05) is 31.1 Å². The Morgan fingerprint density at radius 3 is 1.86 bits per heavy atom. The summed E-state index contributed by atoms with van der Waals surface area (Å²) in [4.78, 5) is 14.4. The van der Waals surface area contributed by atoms with E-state index in [9.17, 15) is 4.79 Å². The third kappa shape index (κ3) is 4.69. The lowest BCUT2D eigenvalue weighted by Crippen LogP contribution is -2.37. The van der Waals surface area contributed by atoms with E-state index in [1.165, 1.54) is 0 Å². The fraction of sp³-hybridized carbons (Fsp3) is 0.278. The van der Waals surface area contributed by atoms with Gasteiger partial charge in [-0.25, -0.2) is 0 Å². The standard InChI is InChI=1S/C18H23N3O/c1-2-19-13-14-20-15-18(22)21(16-9-5-3-6-10-16)17-11-7-4-8-12-17/h3-12,19-20H,2,13-15H2,1H3. The third-order valence-electron chi connectivity index (χ3n) is 3.28. The summed E-state index contributed by atoms with van der Waals surface area (Å²) in [6.07, 6.45) is 0. The average Bonchev–Trinajstić information content (AvgIpc) is 2.57. The summed E-state index contributed by atoms with van der Waals surface area (Å²) in [7, 11) is 0. The molecule has 0 fully saturated rings. The molecule has 0 heterocycles. The van der Waals surface area contributed by atoms with Crippen LogP contribution in [0.1, 0.15) is 6.92 Å². The van der Waals surface area contributed by atoms with Crippen molar-refractivity contribution in [3.05, 3.63) is 60.7 Å². The molecule has 0 aliphatic heterocycles. The van der Waals surface area contributed by atoms with Crippen LogP contribution in [0.25, 0.3) is 0 Å². The molecule has 0 aromatic heterocycles. The van der Waals surface area contributed by atoms with Crippen LogP contribution in [0.2, 0.25) is 0 Å². The van der Waals surface area contributed by atoms with Gasteiger partial charge in [0, 0.05) is 24.5 Å². The molecular formula is C18H23N3O. The Morgan fingerprint density at radius 1 is 0.864 bits per heavy atom. The lowest BCUT2D eigenvalue weighted by molar-refractivity contribution is -0.117. The topological polar surface area (TPSA) is 44.4 Å². The van der Waals surface area contributed by atoms with Crippen molar-refractivity contribution >= 4 is 17.3 Å². The molecule has 0 aliphatic rings. The van der Waals surface area contributed by atoms with Gasteiger partial charge < -0.3 is 10.6 Å². The summed E-state index contributed by atoms with van der Waals surface area (Å²) < 4.78 is 0. The van der Waals surface area contributed by atoms with Crippen LogP contribution in [0, 0.1) is 0 Å². The lowest BCUT2D eigenvalue weighted by atomic mass is 10.2. The number of anilines is 2. The number of carbonyl (C=O) groups is 1. The van der Waals surface area contributed by atoms with Crippen molar-refractivity contribution in [2.24, 2.45) is 0 Å². The summed E-state index contributed by atoms with van der Waals surface area (Å²) >= 11 is 0. The number of hydrogen-bond acceptors (Lipinski definition) is 3. The van der Waals surface area contributed by atoms with Gasteiger partial charge in [0.1, 0.15) is 0 Å². The van der Waals surface area contributed by atoms with Crippen LogP contribution >= 0.6 is 0 Å². The van der Waals surface area contributed by atoms with Gasteiger partial charge in [-0.15, -0.1) is 0 Å². The first-order valence-electron chi connectivity index (χ1n) is 7.67. The molecule has 116 valence electrons. The third-order valence-corrected chi connectivity index (χ3v) is 3.28. The zero-order chi connectivity index (χ0) is 15.6. The number of hydrogen-bond donors (Lipinski definition) is 2. The lowest BCUT2D eigenvalue weighted by Gasteiger charge is -2.23. The van der Waals surface area contributed by atoms with E-state index in [0.29, 0.717) is 6.54 Å². The fourth-order valence-electron chi connectivity index (χ4n) is 2.22. The molecule has 4 nitrogen and oxygen atoms in total. The van der Waals surface area contributed by atoms with Crippen molar-refractivity contribution in [3.8, 4) is 0 Å². The molecule has 2 aromatic carbocycles. The van der Waals surface area contributed by atoms with Gasteiger partial charge in [-0.2, -0.15) is 0 Å². The second-order valence-electron chi connectivity index (χ2n) is 4.93. The smallest absolute Gasteiger partial charge is 0.245 e. The molecule has 0 saturated carbocycles. The molecule has 0 saturated heterocycles. The van der Waals surface area contributed by atoms with E-state index >= 15 is 0 Å². The quantitative estimate of drug-likeness (QED) is 0.736. The van der Waals surface area contributed by atoms with Gasteiger partial charge in [0.15, 0.2) is 0 Å². The Balaban J connectivity index is 2.07. The van der Waals surface area contributed by atoms with E-state index in [1.807, 2.05) is 60.7 Å². The molecular weight excluding hydrogens is 274 g/mol. The number of rotatable bonds is 8. The van der Waals surface area contributed by atoms with Crippen LogP contribution < -0.4 is 15.5 Å². The number of carbonyl (C=O) groups excluding carboxylic acids is 1. The number of para-hydroxylation sites is 2. The summed E-state index contributed by atoms with van der Waals surface area (Å²) in [5, 5.41) is 6.41. The summed E-state index contributed by atoms with van der Waals surface area (Å²) in [5.74, 6) is 0.0360. The van der Waals surface area contributed by atoms with Crippen molar-refractivity contribution in [2.45, 2.75) is 6.92 Å². The first kappa shape index (κ1) is 16.2. The Labute approximate surface area is 132 Å². The highest BCUT2D eigenvalue weighted by atomic mass is 16.2. The second kappa shape index (κ2) is 8.97. The van der Waals surface area contributed by atoms with Crippen LogP contribution in [0.5, 0.6) is 0 Å². The maximum absolute atomic E-state index is 12.6. The summed E-state index contributed by atoms with van der Waals surface area (Å²) in [6, 6.07) is 19.5. The Kier molecular flexibility index (Phi) is 6.61. The van der Waals surface area contributed by atoms with E-state index < -0.39 is 0 Å². The van der Waals surface area contributed by atoms with Gasteiger partial charge in [-0.3, -0.25) is 9.69 Å². The van der Waals surface area contributed by atoms with Crippen LogP contribution in [-0.2, 0) is 4.79 Å². The number of nitrogens with zero attached hydrogens (tertiary/aromatic N) is 1. The van der Waals surface area contributed by atoms with E-state index in [1.54, 1.807) is 4.90 Å². The molecule has 2 N–H and O–H groups in total. The Bertz CT molecular complexity index is 518. The zero-order valence-corrected chi connectivity index (χ0v) is 13.0. The van der Waals surface area contributed by atoms with E-state index in [-0.39, 0.29) is 5.91 Å². The number of nitrogens with one attached hydrogen (secondary N) is 2. The molecule has 0 radical (unpaired) electrons. The van der Waals surface area contributed by atoms with Gasteiger partial charge in [-0.05, 0) is 30.8 Å². The van der Waals surface area contributed by atoms with Crippen molar-refractivity contribution in [1.29, 1.82) is 0 Å². The first-order valence-corrected chi connectivity index (χ1v) is 7.67. The highest BCUT2D eigenvalue weighted by Gasteiger charge is 2.16. The minimum absolute atomic E-state index is 0.0360. The molecule has 2 rings (SSSR count). The first-order chi connectivity index (χ1) is 10.8. The molecule has 2 aromatic rings. The second-order valence-corrected chi connectivity index (χ2v) is 4.93. The Morgan fingerprint density at radius 2 is 1.36 bits per heavy atom. The number of benzene rings is 2. The largest absolute Gasteiger partial charge is 0.316 e. The van der Waals surface area contributed by atoms with Crippen molar-refractivity contribution < 1.29 is 4.79 Å². The van der Waals surface area contributed by atoms with Crippen LogP contribution in [0.15, 0.2) is 60.7 Å². The molecule has 0 atom stereocenters. The maximum Gasteiger partial charge on any atom is 0.245 e. The number of amides is 1. The van der Waals surface area contributed by atoms with E-state index in [4.69, 9.17) is 0 Å². The van der Waals surface area contributed by atoms with E-state index in [2.05, 4.69) is 17.6 Å². The van der Waals surface area contributed by atoms with Crippen LogP contribution in [-0.4, -0.2) is 32.1 Å².